The Hall–Kier alpha value is -1.83. The van der Waals surface area contributed by atoms with Crippen LogP contribution in [0.1, 0.15) is 23.6 Å². The normalized spacial score (nSPS) is 10.1. The second-order valence-electron chi connectivity index (χ2n) is 4.57. The molecule has 4 heteroatoms. The van der Waals surface area contributed by atoms with Crippen LogP contribution in [0.5, 0.6) is 5.75 Å². The Kier molecular flexibility index (Phi) is 5.79. The van der Waals surface area contributed by atoms with Crippen molar-refractivity contribution in [2.24, 2.45) is 0 Å². The van der Waals surface area contributed by atoms with E-state index in [1.807, 2.05) is 36.4 Å². The number of nitrogens with one attached hydrogen (secondary N) is 1. The number of para-hydroxylation sites is 1. The summed E-state index contributed by atoms with van der Waals surface area (Å²) < 4.78 is 6.88. The highest BCUT2D eigenvalue weighted by atomic mass is 79.9. The molecule has 0 aliphatic rings. The molecule has 0 spiro atoms. The first-order chi connectivity index (χ1) is 10.3. The quantitative estimate of drug-likeness (QED) is 0.860. The minimum absolute atomic E-state index is 0.380. The van der Waals surface area contributed by atoms with Crippen molar-refractivity contribution < 1.29 is 4.74 Å². The Morgan fingerprint density at radius 1 is 1.14 bits per heavy atom. The molecule has 0 aliphatic heterocycles. The highest BCUT2D eigenvalue weighted by Gasteiger charge is 2.09. The van der Waals surface area contributed by atoms with Crippen molar-refractivity contribution in [2.75, 3.05) is 6.54 Å². The van der Waals surface area contributed by atoms with E-state index in [1.54, 1.807) is 6.07 Å². The third kappa shape index (κ3) is 4.07. The lowest BCUT2D eigenvalue weighted by Gasteiger charge is -2.14. The lowest BCUT2D eigenvalue weighted by Crippen LogP contribution is -2.13. The molecule has 108 valence electrons. The van der Waals surface area contributed by atoms with Crippen molar-refractivity contribution in [2.45, 2.75) is 20.1 Å². The second-order valence-corrected chi connectivity index (χ2v) is 5.42. The van der Waals surface area contributed by atoms with Gasteiger partial charge in [0.25, 0.3) is 0 Å². The van der Waals surface area contributed by atoms with Gasteiger partial charge in [-0.1, -0.05) is 37.3 Å². The average Bonchev–Trinajstić information content (AvgIpc) is 2.52. The van der Waals surface area contributed by atoms with Crippen molar-refractivity contribution >= 4 is 15.9 Å². The zero-order valence-corrected chi connectivity index (χ0v) is 13.5. The molecule has 0 saturated carbocycles. The van der Waals surface area contributed by atoms with Gasteiger partial charge in [-0.05, 0) is 34.6 Å². The molecule has 0 atom stereocenters. The smallest absolute Gasteiger partial charge is 0.138 e. The third-order valence-electron chi connectivity index (χ3n) is 3.12. The first-order valence-corrected chi connectivity index (χ1v) is 7.64. The maximum absolute atomic E-state index is 9.12. The molecule has 0 aromatic heterocycles. The molecule has 1 N–H and O–H groups in total. The number of nitrogens with zero attached hydrogens (tertiary/aromatic N) is 1. The number of benzene rings is 2. The van der Waals surface area contributed by atoms with Gasteiger partial charge < -0.3 is 10.1 Å². The fourth-order valence-corrected chi connectivity index (χ4v) is 2.54. The fourth-order valence-electron chi connectivity index (χ4n) is 2.02. The predicted octanol–water partition coefficient (Wildman–Crippen LogP) is 4.01. The zero-order chi connectivity index (χ0) is 15.1. The highest BCUT2D eigenvalue weighted by Crippen LogP contribution is 2.30. The van der Waals surface area contributed by atoms with Crippen molar-refractivity contribution in [3.63, 3.8) is 0 Å². The zero-order valence-electron chi connectivity index (χ0n) is 11.9. The molecule has 0 heterocycles. The molecule has 2 rings (SSSR count). The van der Waals surface area contributed by atoms with Crippen LogP contribution < -0.4 is 10.1 Å². The van der Waals surface area contributed by atoms with Crippen molar-refractivity contribution in [3.05, 3.63) is 63.6 Å². The van der Waals surface area contributed by atoms with Gasteiger partial charge in [-0.2, -0.15) is 5.26 Å². The van der Waals surface area contributed by atoms with Crippen LogP contribution in [-0.4, -0.2) is 6.54 Å². The van der Waals surface area contributed by atoms with Crippen LogP contribution in [-0.2, 0) is 13.2 Å². The number of rotatable bonds is 6. The number of ether oxygens (including phenoxy) is 1. The van der Waals surface area contributed by atoms with Gasteiger partial charge in [0, 0.05) is 17.7 Å². The Labute approximate surface area is 133 Å². The molecule has 0 amide bonds. The van der Waals surface area contributed by atoms with E-state index in [1.165, 1.54) is 0 Å². The molecule has 0 aliphatic carbocycles. The summed E-state index contributed by atoms with van der Waals surface area (Å²) in [5.74, 6) is 0.825. The molecular formula is C17H17BrN2O. The summed E-state index contributed by atoms with van der Waals surface area (Å²) in [6.07, 6.45) is 0. The van der Waals surface area contributed by atoms with Crippen LogP contribution >= 0.6 is 15.9 Å². The fraction of sp³-hybridized carbons (Fsp3) is 0.235. The number of hydrogen-bond acceptors (Lipinski definition) is 3. The summed E-state index contributed by atoms with van der Waals surface area (Å²) >= 11 is 3.53. The van der Waals surface area contributed by atoms with Gasteiger partial charge in [0.15, 0.2) is 0 Å². The van der Waals surface area contributed by atoms with E-state index in [4.69, 9.17) is 10.00 Å². The molecule has 21 heavy (non-hydrogen) atoms. The monoisotopic (exact) mass is 344 g/mol. The largest absolute Gasteiger partial charge is 0.487 e. The van der Waals surface area contributed by atoms with Crippen molar-refractivity contribution in [1.82, 2.24) is 5.32 Å². The van der Waals surface area contributed by atoms with E-state index in [2.05, 4.69) is 34.2 Å². The SMILES string of the molecule is CCNCc1cccc(Br)c1OCc1ccccc1C#N. The summed E-state index contributed by atoms with van der Waals surface area (Å²) in [6.45, 7) is 4.11. The topological polar surface area (TPSA) is 45.0 Å². The minimum Gasteiger partial charge on any atom is -0.487 e. The van der Waals surface area contributed by atoms with Crippen LogP contribution in [0.15, 0.2) is 46.9 Å². The molecule has 2 aromatic carbocycles. The van der Waals surface area contributed by atoms with E-state index >= 15 is 0 Å². The van der Waals surface area contributed by atoms with Gasteiger partial charge in [-0.3, -0.25) is 0 Å². The van der Waals surface area contributed by atoms with E-state index in [0.29, 0.717) is 12.2 Å². The number of nitriles is 1. The lowest BCUT2D eigenvalue weighted by molar-refractivity contribution is 0.300. The molecule has 0 radical (unpaired) electrons. The summed E-state index contributed by atoms with van der Waals surface area (Å²) in [6, 6.07) is 15.7. The van der Waals surface area contributed by atoms with Crippen LogP contribution in [0.25, 0.3) is 0 Å². The van der Waals surface area contributed by atoms with E-state index in [0.717, 1.165) is 34.4 Å². The highest BCUT2D eigenvalue weighted by molar-refractivity contribution is 9.10. The van der Waals surface area contributed by atoms with Gasteiger partial charge in [-0.25, -0.2) is 0 Å². The molecule has 0 unspecified atom stereocenters. The summed E-state index contributed by atoms with van der Waals surface area (Å²) in [4.78, 5) is 0. The standard InChI is InChI=1S/C17H17BrN2O/c1-2-20-11-14-8-5-9-16(18)17(14)21-12-15-7-4-3-6-13(15)10-19/h3-9,20H,2,11-12H2,1H3. The lowest BCUT2D eigenvalue weighted by atomic mass is 10.1. The van der Waals surface area contributed by atoms with E-state index in [-0.39, 0.29) is 0 Å². The van der Waals surface area contributed by atoms with Gasteiger partial charge in [0.05, 0.1) is 16.1 Å². The Bertz CT molecular complexity index is 649. The molecule has 3 nitrogen and oxygen atoms in total. The van der Waals surface area contributed by atoms with Gasteiger partial charge in [-0.15, -0.1) is 0 Å². The minimum atomic E-state index is 0.380. The Balaban J connectivity index is 2.18. The van der Waals surface area contributed by atoms with Crippen molar-refractivity contribution in [1.29, 1.82) is 5.26 Å². The number of halogens is 1. The first-order valence-electron chi connectivity index (χ1n) is 6.85. The van der Waals surface area contributed by atoms with Gasteiger partial charge >= 0.3 is 0 Å². The Morgan fingerprint density at radius 3 is 2.67 bits per heavy atom. The third-order valence-corrected chi connectivity index (χ3v) is 3.75. The summed E-state index contributed by atoms with van der Waals surface area (Å²) in [5, 5.41) is 12.4. The molecule has 0 fully saturated rings. The van der Waals surface area contributed by atoms with Crippen LogP contribution in [0.3, 0.4) is 0 Å². The second kappa shape index (κ2) is 7.82. The molecular weight excluding hydrogens is 328 g/mol. The summed E-state index contributed by atoms with van der Waals surface area (Å²) in [7, 11) is 0. The van der Waals surface area contributed by atoms with Crippen molar-refractivity contribution in [3.8, 4) is 11.8 Å². The van der Waals surface area contributed by atoms with Gasteiger partial charge in [0.1, 0.15) is 12.4 Å². The van der Waals surface area contributed by atoms with Crippen LogP contribution in [0.2, 0.25) is 0 Å². The molecule has 2 aromatic rings. The van der Waals surface area contributed by atoms with Crippen LogP contribution in [0.4, 0.5) is 0 Å². The molecule has 0 bridgehead atoms. The van der Waals surface area contributed by atoms with E-state index < -0.39 is 0 Å². The average molecular weight is 345 g/mol. The summed E-state index contributed by atoms with van der Waals surface area (Å²) in [5.41, 5.74) is 2.64. The maximum atomic E-state index is 9.12. The maximum Gasteiger partial charge on any atom is 0.138 e. The number of hydrogen-bond donors (Lipinski definition) is 1. The Morgan fingerprint density at radius 2 is 1.90 bits per heavy atom. The first kappa shape index (κ1) is 15.6. The predicted molar refractivity (Wildman–Crippen MR) is 87.0 cm³/mol. The molecule has 0 saturated heterocycles. The van der Waals surface area contributed by atoms with Crippen LogP contribution in [0, 0.1) is 11.3 Å². The van der Waals surface area contributed by atoms with Gasteiger partial charge in [0.2, 0.25) is 0 Å². The van der Waals surface area contributed by atoms with E-state index in [9.17, 15) is 0 Å².